The van der Waals surface area contributed by atoms with Gasteiger partial charge in [0.15, 0.2) is 0 Å². The zero-order chi connectivity index (χ0) is 17.4. The summed E-state index contributed by atoms with van der Waals surface area (Å²) in [5.74, 6) is -2.60. The molecule has 2 N–H and O–H groups in total. The number of carboxylic acids is 1. The van der Waals surface area contributed by atoms with Crippen LogP contribution in [0, 0.1) is 5.92 Å². The Bertz CT molecular complexity index is 687. The van der Waals surface area contributed by atoms with E-state index in [-0.39, 0.29) is 17.9 Å². The van der Waals surface area contributed by atoms with Crippen LogP contribution in [0.4, 0.5) is 13.2 Å². The average molecular weight is 353 g/mol. The summed E-state index contributed by atoms with van der Waals surface area (Å²) in [5, 5.41) is 18.6. The van der Waals surface area contributed by atoms with Crippen molar-refractivity contribution in [2.75, 3.05) is 13.1 Å². The van der Waals surface area contributed by atoms with Gasteiger partial charge < -0.3 is 10.2 Å². The van der Waals surface area contributed by atoms with Crippen LogP contribution in [-0.4, -0.2) is 48.1 Å². The molecule has 6 nitrogen and oxygen atoms in total. The number of aliphatic hydroxyl groups excluding tert-OH is 1. The number of carboxylic acid groups (broad SMARTS) is 1. The number of halogens is 3. The standard InChI is InChI=1S/C13H14F3NO5S/c14-13(15,16)8-1-3-9(4-2-8)23(21,22)17-6-5-11(18)10(7-17)12(19)20/h1-4,10-11,18H,5-7H2,(H,19,20). The molecule has 0 amide bonds. The molecule has 0 aromatic heterocycles. The third kappa shape index (κ3) is 3.65. The number of nitrogens with zero attached hydrogens (tertiary/aromatic N) is 1. The second kappa shape index (κ2) is 6.10. The van der Waals surface area contributed by atoms with Crippen molar-refractivity contribution in [3.8, 4) is 0 Å². The first-order valence-corrected chi connectivity index (χ1v) is 8.06. The first-order chi connectivity index (χ1) is 10.5. The molecule has 0 saturated carbocycles. The van der Waals surface area contributed by atoms with Gasteiger partial charge in [-0.1, -0.05) is 0 Å². The number of carbonyl (C=O) groups is 1. The molecule has 0 aliphatic carbocycles. The highest BCUT2D eigenvalue weighted by Crippen LogP contribution is 2.31. The lowest BCUT2D eigenvalue weighted by Crippen LogP contribution is -2.48. The quantitative estimate of drug-likeness (QED) is 0.850. The zero-order valence-electron chi connectivity index (χ0n) is 11.7. The van der Waals surface area contributed by atoms with E-state index in [0.717, 1.165) is 16.4 Å². The molecule has 10 heteroatoms. The minimum Gasteiger partial charge on any atom is -0.481 e. The predicted molar refractivity (Wildman–Crippen MR) is 72.0 cm³/mol. The highest BCUT2D eigenvalue weighted by atomic mass is 32.2. The van der Waals surface area contributed by atoms with Crippen molar-refractivity contribution in [1.29, 1.82) is 0 Å². The highest BCUT2D eigenvalue weighted by molar-refractivity contribution is 7.89. The van der Waals surface area contributed by atoms with Crippen molar-refractivity contribution >= 4 is 16.0 Å². The van der Waals surface area contributed by atoms with Crippen LogP contribution in [0.2, 0.25) is 0 Å². The molecular weight excluding hydrogens is 339 g/mol. The topological polar surface area (TPSA) is 94.9 Å². The monoisotopic (exact) mass is 353 g/mol. The largest absolute Gasteiger partial charge is 0.481 e. The van der Waals surface area contributed by atoms with E-state index < -0.39 is 46.3 Å². The molecule has 1 aromatic carbocycles. The number of rotatable bonds is 3. The second-order valence-corrected chi connectivity index (χ2v) is 7.12. The molecule has 1 saturated heterocycles. The maximum absolute atomic E-state index is 12.5. The summed E-state index contributed by atoms with van der Waals surface area (Å²) in [6.07, 6.45) is -5.80. The average Bonchev–Trinajstić information content (AvgIpc) is 2.46. The van der Waals surface area contributed by atoms with Gasteiger partial charge in [0.2, 0.25) is 10.0 Å². The maximum atomic E-state index is 12.5. The van der Waals surface area contributed by atoms with Crippen LogP contribution < -0.4 is 0 Å². The fourth-order valence-electron chi connectivity index (χ4n) is 2.34. The molecule has 128 valence electrons. The van der Waals surface area contributed by atoms with Gasteiger partial charge in [-0.15, -0.1) is 0 Å². The van der Waals surface area contributed by atoms with Gasteiger partial charge in [-0.3, -0.25) is 4.79 Å². The summed E-state index contributed by atoms with van der Waals surface area (Å²) in [5.41, 5.74) is -0.978. The van der Waals surface area contributed by atoms with E-state index in [1.165, 1.54) is 0 Å². The van der Waals surface area contributed by atoms with Gasteiger partial charge in [0.05, 0.1) is 22.5 Å². The van der Waals surface area contributed by atoms with Crippen LogP contribution >= 0.6 is 0 Å². The molecule has 1 heterocycles. The lowest BCUT2D eigenvalue weighted by Gasteiger charge is -2.33. The second-order valence-electron chi connectivity index (χ2n) is 5.19. The SMILES string of the molecule is O=C(O)C1CN(S(=O)(=O)c2ccc(C(F)(F)F)cc2)CCC1O. The Morgan fingerprint density at radius 2 is 1.78 bits per heavy atom. The van der Waals surface area contributed by atoms with Crippen LogP contribution in [0.15, 0.2) is 29.2 Å². The van der Waals surface area contributed by atoms with E-state index in [1.54, 1.807) is 0 Å². The number of aliphatic hydroxyl groups is 1. The Balaban J connectivity index is 2.26. The van der Waals surface area contributed by atoms with Crippen LogP contribution in [0.5, 0.6) is 0 Å². The molecule has 2 atom stereocenters. The Kier molecular flexibility index (Phi) is 4.69. The Morgan fingerprint density at radius 3 is 2.26 bits per heavy atom. The zero-order valence-corrected chi connectivity index (χ0v) is 12.5. The van der Waals surface area contributed by atoms with Crippen LogP contribution in [0.25, 0.3) is 0 Å². The number of hydrogen-bond donors (Lipinski definition) is 2. The van der Waals surface area contributed by atoms with E-state index in [2.05, 4.69) is 0 Å². The van der Waals surface area contributed by atoms with Crippen LogP contribution in [0.3, 0.4) is 0 Å². The van der Waals surface area contributed by atoms with Gasteiger partial charge in [-0.25, -0.2) is 8.42 Å². The molecule has 1 aromatic rings. The highest BCUT2D eigenvalue weighted by Gasteiger charge is 2.38. The molecule has 0 spiro atoms. The van der Waals surface area contributed by atoms with Gasteiger partial charge in [0, 0.05) is 13.1 Å². The van der Waals surface area contributed by atoms with E-state index in [0.29, 0.717) is 12.1 Å². The normalized spacial score (nSPS) is 23.7. The molecule has 1 aliphatic heterocycles. The van der Waals surface area contributed by atoms with Crippen molar-refractivity contribution in [2.45, 2.75) is 23.6 Å². The minimum absolute atomic E-state index is 0.0587. The fourth-order valence-corrected chi connectivity index (χ4v) is 3.82. The summed E-state index contributed by atoms with van der Waals surface area (Å²) in [7, 11) is -4.12. The molecule has 0 radical (unpaired) electrons. The number of alkyl halides is 3. The van der Waals surface area contributed by atoms with E-state index in [1.807, 2.05) is 0 Å². The molecule has 2 rings (SSSR count). The van der Waals surface area contributed by atoms with Gasteiger partial charge >= 0.3 is 12.1 Å². The summed E-state index contributed by atoms with van der Waals surface area (Å²) < 4.78 is 63.2. The third-order valence-electron chi connectivity index (χ3n) is 3.68. The fraction of sp³-hybridized carbons (Fsp3) is 0.462. The van der Waals surface area contributed by atoms with Crippen LogP contribution in [-0.2, 0) is 21.0 Å². The summed E-state index contributed by atoms with van der Waals surface area (Å²) >= 11 is 0. The van der Waals surface area contributed by atoms with Gasteiger partial charge in [-0.2, -0.15) is 17.5 Å². The van der Waals surface area contributed by atoms with Crippen molar-refractivity contribution in [1.82, 2.24) is 4.31 Å². The number of aliphatic carboxylic acids is 1. The maximum Gasteiger partial charge on any atom is 0.416 e. The number of piperidine rings is 1. The van der Waals surface area contributed by atoms with Crippen molar-refractivity contribution in [2.24, 2.45) is 5.92 Å². The van der Waals surface area contributed by atoms with E-state index in [9.17, 15) is 31.5 Å². The molecule has 1 fully saturated rings. The lowest BCUT2D eigenvalue weighted by molar-refractivity contribution is -0.147. The van der Waals surface area contributed by atoms with E-state index in [4.69, 9.17) is 5.11 Å². The van der Waals surface area contributed by atoms with Gasteiger partial charge in [0.25, 0.3) is 0 Å². The molecule has 1 aliphatic rings. The van der Waals surface area contributed by atoms with Crippen molar-refractivity contribution in [3.05, 3.63) is 29.8 Å². The minimum atomic E-state index is -4.58. The number of hydrogen-bond acceptors (Lipinski definition) is 4. The first kappa shape index (κ1) is 17.7. The first-order valence-electron chi connectivity index (χ1n) is 6.62. The lowest BCUT2D eigenvalue weighted by atomic mass is 9.96. The number of benzene rings is 1. The number of sulfonamides is 1. The summed E-state index contributed by atoms with van der Waals surface area (Å²) in [4.78, 5) is 10.7. The summed E-state index contributed by atoms with van der Waals surface area (Å²) in [6, 6.07) is 2.97. The van der Waals surface area contributed by atoms with Gasteiger partial charge in [-0.05, 0) is 30.7 Å². The van der Waals surface area contributed by atoms with E-state index >= 15 is 0 Å². The van der Waals surface area contributed by atoms with Crippen molar-refractivity contribution < 1.29 is 36.6 Å². The Labute approximate surface area is 130 Å². The molecule has 0 bridgehead atoms. The molecular formula is C13H14F3NO5S. The Hall–Kier alpha value is -1.65. The molecule has 23 heavy (non-hydrogen) atoms. The van der Waals surface area contributed by atoms with Crippen LogP contribution in [0.1, 0.15) is 12.0 Å². The smallest absolute Gasteiger partial charge is 0.416 e. The third-order valence-corrected chi connectivity index (χ3v) is 5.56. The predicted octanol–water partition coefficient (Wildman–Crippen LogP) is 1.16. The van der Waals surface area contributed by atoms with Gasteiger partial charge in [0.1, 0.15) is 0 Å². The van der Waals surface area contributed by atoms with Crippen molar-refractivity contribution in [3.63, 3.8) is 0 Å². The Morgan fingerprint density at radius 1 is 1.22 bits per heavy atom. The summed E-state index contributed by atoms with van der Waals surface area (Å²) in [6.45, 7) is -0.534. The molecule has 2 unspecified atom stereocenters.